The van der Waals surface area contributed by atoms with Crippen LogP contribution >= 0.6 is 0 Å². The molecule has 24 heteroatoms. The van der Waals surface area contributed by atoms with Gasteiger partial charge in [0, 0.05) is 0 Å². The molecule has 33 heavy (non-hydrogen) atoms. The van der Waals surface area contributed by atoms with Crippen molar-refractivity contribution in [2.75, 3.05) is 0 Å². The summed E-state index contributed by atoms with van der Waals surface area (Å²) in [5.74, 6) is -26.1. The van der Waals surface area contributed by atoms with Crippen LogP contribution in [-0.4, -0.2) is 66.2 Å². The molecule has 0 N–H and O–H groups in total. The SMILES string of the molecule is O=S(=O)([O-])C(F)(F)C(F)(F)C(F)(F)C(F)(F)C(F)(F)OC(F)(F)C(F)(C(F)(F)F)C(F)(F)F. The molecule has 0 aliphatic carbocycles. The second-order valence-corrected chi connectivity index (χ2v) is 6.90. The number of alkyl halides is 19. The van der Waals surface area contributed by atoms with Crippen molar-refractivity contribution in [2.24, 2.45) is 0 Å². The summed E-state index contributed by atoms with van der Waals surface area (Å²) in [7, 11) is -8.18. The third-order valence-corrected chi connectivity index (χ3v) is 4.16. The third-order valence-electron chi connectivity index (χ3n) is 3.27. The van der Waals surface area contributed by atoms with Crippen LogP contribution in [0.3, 0.4) is 0 Å². The molecule has 0 aromatic carbocycles. The molecule has 0 saturated heterocycles. The van der Waals surface area contributed by atoms with Gasteiger partial charge in [0.1, 0.15) is 0 Å². The summed E-state index contributed by atoms with van der Waals surface area (Å²) in [6.07, 6.45) is -33.2. The molecule has 0 aliphatic heterocycles. The topological polar surface area (TPSA) is 66.4 Å². The summed E-state index contributed by atoms with van der Waals surface area (Å²) in [6.45, 7) is 0. The molecule has 0 fully saturated rings. The van der Waals surface area contributed by atoms with Crippen LogP contribution in [0.25, 0.3) is 0 Å². The first kappa shape index (κ1) is 31.5. The summed E-state index contributed by atoms with van der Waals surface area (Å²) < 4.78 is 273. The van der Waals surface area contributed by atoms with Gasteiger partial charge in [0.2, 0.25) is 0 Å². The van der Waals surface area contributed by atoms with Crippen LogP contribution < -0.4 is 0 Å². The predicted octanol–water partition coefficient (Wildman–Crippen LogP) is 5.07. The molecule has 0 heterocycles. The first-order valence-corrected chi connectivity index (χ1v) is 7.86. The lowest BCUT2D eigenvalue weighted by atomic mass is 10.0. The molecule has 0 amide bonds. The van der Waals surface area contributed by atoms with Crippen molar-refractivity contribution < 1.29 is 101 Å². The van der Waals surface area contributed by atoms with Gasteiger partial charge >= 0.3 is 53.3 Å². The predicted molar refractivity (Wildman–Crippen MR) is 56.4 cm³/mol. The highest BCUT2D eigenvalue weighted by Gasteiger charge is 2.92. The molecule has 0 saturated carbocycles. The van der Waals surface area contributed by atoms with Crippen molar-refractivity contribution in [1.82, 2.24) is 0 Å². The van der Waals surface area contributed by atoms with Gasteiger partial charge in [-0.3, -0.25) is 0 Å². The van der Waals surface area contributed by atoms with Gasteiger partial charge in [-0.25, -0.2) is 17.5 Å². The lowest BCUT2D eigenvalue weighted by Crippen LogP contribution is -2.72. The maximum atomic E-state index is 13.2. The van der Waals surface area contributed by atoms with Crippen molar-refractivity contribution in [3.8, 4) is 0 Å². The van der Waals surface area contributed by atoms with Crippen LogP contribution in [0.4, 0.5) is 83.4 Å². The fraction of sp³-hybridized carbons (Fsp3) is 1.00. The normalized spacial score (nSPS) is 16.8. The number of hydrogen-bond acceptors (Lipinski definition) is 4. The van der Waals surface area contributed by atoms with Gasteiger partial charge in [0.25, 0.3) is 0 Å². The molecule has 0 aliphatic rings. The molecule has 4 nitrogen and oxygen atoms in total. The van der Waals surface area contributed by atoms with E-state index in [0.29, 0.717) is 0 Å². The second kappa shape index (κ2) is 7.52. The van der Waals surface area contributed by atoms with Gasteiger partial charge in [-0.2, -0.15) is 79.0 Å². The van der Waals surface area contributed by atoms with Crippen LogP contribution in [0.1, 0.15) is 0 Å². The number of rotatable bonds is 8. The van der Waals surface area contributed by atoms with Crippen LogP contribution in [-0.2, 0) is 14.9 Å². The molecule has 0 bridgehead atoms. The van der Waals surface area contributed by atoms with Gasteiger partial charge in [0.15, 0.2) is 10.1 Å². The Kier molecular flexibility index (Phi) is 7.18. The van der Waals surface area contributed by atoms with E-state index in [0.717, 1.165) is 4.74 Å². The molecule has 0 aromatic heterocycles. The Bertz CT molecular complexity index is 822. The Morgan fingerprint density at radius 2 is 0.788 bits per heavy atom. The Balaban J connectivity index is 6.83. The highest BCUT2D eigenvalue weighted by Crippen LogP contribution is 2.61. The summed E-state index contributed by atoms with van der Waals surface area (Å²) in [5.41, 5.74) is -8.42. The monoisotopic (exact) mass is 565 g/mol. The lowest BCUT2D eigenvalue weighted by molar-refractivity contribution is -0.523. The molecule has 0 spiro atoms. The minimum Gasteiger partial charge on any atom is -0.743 e. The van der Waals surface area contributed by atoms with Crippen molar-refractivity contribution in [1.29, 1.82) is 0 Å². The van der Waals surface area contributed by atoms with E-state index in [1.165, 1.54) is 0 Å². The third kappa shape index (κ3) is 4.25. The van der Waals surface area contributed by atoms with Crippen molar-refractivity contribution >= 4 is 10.1 Å². The molecule has 0 radical (unpaired) electrons. The molecule has 0 unspecified atom stereocenters. The summed E-state index contributed by atoms with van der Waals surface area (Å²) >= 11 is 0. The highest BCUT2D eigenvalue weighted by atomic mass is 32.2. The average Bonchev–Trinajstić information content (AvgIpc) is 2.48. The van der Waals surface area contributed by atoms with Crippen LogP contribution in [0, 0.1) is 0 Å². The van der Waals surface area contributed by atoms with E-state index in [1.807, 2.05) is 0 Å². The molecule has 0 aromatic rings. The minimum absolute atomic E-state index is 0.871. The smallest absolute Gasteiger partial charge is 0.440 e. The van der Waals surface area contributed by atoms with E-state index in [4.69, 9.17) is 0 Å². The van der Waals surface area contributed by atoms with Crippen LogP contribution in [0.5, 0.6) is 0 Å². The standard InChI is InChI=1S/C9HF19O4S/c10-1(5(17,18)19,6(20,21)22)7(23,24)32-8(25,26)3(13,14)2(11,12)4(15,16)9(27,28)33(29,30)31/h(H,29,30,31)/p-1. The summed E-state index contributed by atoms with van der Waals surface area (Å²) in [5, 5.41) is -7.98. The maximum absolute atomic E-state index is 13.2. The summed E-state index contributed by atoms with van der Waals surface area (Å²) in [6, 6.07) is 0. The Hall–Kier alpha value is -1.46. The van der Waals surface area contributed by atoms with Crippen LogP contribution in [0.15, 0.2) is 0 Å². The molecular weight excluding hydrogens is 565 g/mol. The Morgan fingerprint density at radius 1 is 0.485 bits per heavy atom. The van der Waals surface area contributed by atoms with E-state index in [2.05, 4.69) is 0 Å². The first-order chi connectivity index (χ1) is 13.7. The van der Waals surface area contributed by atoms with E-state index in [1.54, 1.807) is 0 Å². The fourth-order valence-corrected chi connectivity index (χ4v) is 1.95. The fourth-order valence-electron chi connectivity index (χ4n) is 1.51. The van der Waals surface area contributed by atoms with Gasteiger partial charge in [-0.1, -0.05) is 0 Å². The van der Waals surface area contributed by atoms with E-state index < -0.39 is 63.4 Å². The molecule has 0 atom stereocenters. The zero-order valence-electron chi connectivity index (χ0n) is 13.7. The Labute approximate surface area is 166 Å². The van der Waals surface area contributed by atoms with Crippen molar-refractivity contribution in [3.63, 3.8) is 0 Å². The first-order valence-electron chi connectivity index (χ1n) is 6.45. The Morgan fingerprint density at radius 3 is 1.03 bits per heavy atom. The van der Waals surface area contributed by atoms with Gasteiger partial charge in [0.05, 0.1) is 0 Å². The molecule has 0 rings (SSSR count). The zero-order valence-corrected chi connectivity index (χ0v) is 14.5. The maximum Gasteiger partial charge on any atom is 0.440 e. The van der Waals surface area contributed by atoms with Gasteiger partial charge in [-0.15, -0.1) is 0 Å². The quantitative estimate of drug-likeness (QED) is 0.305. The minimum atomic E-state index is -8.78. The molecular formula is C9F19O4S-. The zero-order chi connectivity index (χ0) is 27.7. The highest BCUT2D eigenvalue weighted by molar-refractivity contribution is 7.86. The van der Waals surface area contributed by atoms with E-state index >= 15 is 0 Å². The second-order valence-electron chi connectivity index (χ2n) is 5.48. The van der Waals surface area contributed by atoms with Crippen molar-refractivity contribution in [3.05, 3.63) is 0 Å². The number of halogens is 19. The van der Waals surface area contributed by atoms with Gasteiger partial charge in [-0.05, 0) is 0 Å². The van der Waals surface area contributed by atoms with E-state index in [9.17, 15) is 96.4 Å². The summed E-state index contributed by atoms with van der Waals surface area (Å²) in [4.78, 5) is 0. The average molecular weight is 565 g/mol. The molecule has 200 valence electrons. The van der Waals surface area contributed by atoms with E-state index in [-0.39, 0.29) is 0 Å². The lowest BCUT2D eigenvalue weighted by Gasteiger charge is -2.41. The largest absolute Gasteiger partial charge is 0.743 e. The number of ether oxygens (including phenoxy) is 1. The van der Waals surface area contributed by atoms with Gasteiger partial charge < -0.3 is 4.55 Å². The number of hydrogen-bond donors (Lipinski definition) is 0. The van der Waals surface area contributed by atoms with Crippen molar-refractivity contribution in [2.45, 2.75) is 53.3 Å². The van der Waals surface area contributed by atoms with Crippen LogP contribution in [0.2, 0.25) is 0 Å².